The second kappa shape index (κ2) is 5.13. The Bertz CT molecular complexity index is 651. The molecule has 0 aromatic carbocycles. The number of nitrogens with zero attached hydrogens (tertiary/aromatic N) is 2. The van der Waals surface area contributed by atoms with Crippen LogP contribution in [0.1, 0.15) is 18.8 Å². The van der Waals surface area contributed by atoms with Crippen LogP contribution in [0.25, 0.3) is 0 Å². The lowest BCUT2D eigenvalue weighted by Gasteiger charge is -2.28. The average Bonchev–Trinajstić information content (AvgIpc) is 2.63. The van der Waals surface area contributed by atoms with Crippen molar-refractivity contribution in [3.8, 4) is 12.3 Å². The van der Waals surface area contributed by atoms with Gasteiger partial charge in [0, 0.05) is 5.69 Å². The number of aromatic nitrogens is 2. The lowest BCUT2D eigenvalue weighted by molar-refractivity contribution is -0.0783. The van der Waals surface area contributed by atoms with Gasteiger partial charge in [-0.2, -0.15) is 4.98 Å². The fourth-order valence-corrected chi connectivity index (χ4v) is 2.48. The van der Waals surface area contributed by atoms with E-state index in [4.69, 9.17) is 22.6 Å². The molecule has 8 nitrogen and oxygen atoms in total. The molecule has 2 heterocycles. The molecule has 0 spiro atoms. The van der Waals surface area contributed by atoms with Crippen molar-refractivity contribution >= 4 is 5.82 Å². The van der Waals surface area contributed by atoms with Crippen molar-refractivity contribution in [3.05, 3.63) is 22.2 Å². The number of aryl methyl sites for hydroxylation is 1. The van der Waals surface area contributed by atoms with Gasteiger partial charge in [-0.05, 0) is 19.9 Å². The molecule has 0 radical (unpaired) electrons. The Morgan fingerprint density at radius 3 is 2.76 bits per heavy atom. The minimum absolute atomic E-state index is 0.0581. The van der Waals surface area contributed by atoms with Crippen LogP contribution in [0.15, 0.2) is 10.9 Å². The van der Waals surface area contributed by atoms with Crippen LogP contribution < -0.4 is 17.2 Å². The van der Waals surface area contributed by atoms with E-state index in [2.05, 4.69) is 10.9 Å². The fraction of sp³-hybridized carbons (Fsp3) is 0.538. The number of hydrogen-bond acceptors (Lipinski definition) is 7. The third kappa shape index (κ3) is 2.30. The van der Waals surface area contributed by atoms with Gasteiger partial charge in [-0.1, -0.05) is 5.92 Å². The summed E-state index contributed by atoms with van der Waals surface area (Å²) in [5.74, 6) is 2.32. The van der Waals surface area contributed by atoms with Crippen LogP contribution in [0, 0.1) is 19.3 Å². The molecule has 0 saturated carbocycles. The van der Waals surface area contributed by atoms with Gasteiger partial charge in [0.1, 0.15) is 18.0 Å². The van der Waals surface area contributed by atoms with E-state index in [1.54, 1.807) is 6.92 Å². The van der Waals surface area contributed by atoms with E-state index in [0.29, 0.717) is 5.69 Å². The first-order chi connectivity index (χ1) is 9.72. The van der Waals surface area contributed by atoms with Gasteiger partial charge in [0.15, 0.2) is 11.8 Å². The molecule has 6 N–H and O–H groups in total. The molecule has 8 heteroatoms. The number of terminal acetylenes is 1. The van der Waals surface area contributed by atoms with E-state index in [1.807, 2.05) is 0 Å². The van der Waals surface area contributed by atoms with Crippen LogP contribution in [0.5, 0.6) is 0 Å². The Morgan fingerprint density at radius 1 is 1.67 bits per heavy atom. The first-order valence-electron chi connectivity index (χ1n) is 6.36. The number of anilines is 1. The third-order valence-electron chi connectivity index (χ3n) is 3.62. The second-order valence-corrected chi connectivity index (χ2v) is 5.19. The summed E-state index contributed by atoms with van der Waals surface area (Å²) >= 11 is 0. The number of hydrogen-bond donors (Lipinski definition) is 4. The average molecular weight is 294 g/mol. The van der Waals surface area contributed by atoms with Gasteiger partial charge in [-0.3, -0.25) is 4.57 Å². The minimum Gasteiger partial charge on any atom is -0.391 e. The largest absolute Gasteiger partial charge is 0.391 e. The first kappa shape index (κ1) is 15.5. The maximum atomic E-state index is 12.1. The van der Waals surface area contributed by atoms with Gasteiger partial charge in [0.25, 0.3) is 0 Å². The van der Waals surface area contributed by atoms with Gasteiger partial charge in [0.05, 0.1) is 6.10 Å². The summed E-state index contributed by atoms with van der Waals surface area (Å²) < 4.78 is 6.67. The Balaban J connectivity index is 2.59. The SMILES string of the molecule is C#C[C@@]1(N)C(O)[C@@H]([C@H](C)O)O[C@H]1n1c(C)cc(N)nc1=O. The minimum atomic E-state index is -1.67. The van der Waals surface area contributed by atoms with Crippen molar-refractivity contribution in [3.63, 3.8) is 0 Å². The second-order valence-electron chi connectivity index (χ2n) is 5.19. The van der Waals surface area contributed by atoms with E-state index in [-0.39, 0.29) is 5.82 Å². The van der Waals surface area contributed by atoms with Crippen LogP contribution in [-0.2, 0) is 4.74 Å². The Hall–Kier alpha value is -1.92. The molecule has 5 atom stereocenters. The van der Waals surface area contributed by atoms with E-state index in [9.17, 15) is 15.0 Å². The van der Waals surface area contributed by atoms with E-state index in [1.165, 1.54) is 13.0 Å². The highest BCUT2D eigenvalue weighted by Gasteiger charge is 2.56. The van der Waals surface area contributed by atoms with Gasteiger partial charge >= 0.3 is 5.69 Å². The van der Waals surface area contributed by atoms with Crippen LogP contribution >= 0.6 is 0 Å². The molecule has 114 valence electrons. The molecule has 2 rings (SSSR count). The maximum Gasteiger partial charge on any atom is 0.351 e. The van der Waals surface area contributed by atoms with Crippen molar-refractivity contribution in [1.29, 1.82) is 0 Å². The van der Waals surface area contributed by atoms with Gasteiger partial charge in [0.2, 0.25) is 0 Å². The van der Waals surface area contributed by atoms with Crippen LogP contribution in [0.4, 0.5) is 5.82 Å². The highest BCUT2D eigenvalue weighted by molar-refractivity contribution is 5.30. The molecule has 0 amide bonds. The summed E-state index contributed by atoms with van der Waals surface area (Å²) in [5, 5.41) is 19.9. The predicted molar refractivity (Wildman–Crippen MR) is 75.0 cm³/mol. The number of ether oxygens (including phenoxy) is 1. The highest BCUT2D eigenvalue weighted by Crippen LogP contribution is 2.37. The molecule has 1 aromatic rings. The summed E-state index contributed by atoms with van der Waals surface area (Å²) in [7, 11) is 0. The maximum absolute atomic E-state index is 12.1. The van der Waals surface area contributed by atoms with E-state index < -0.39 is 35.8 Å². The van der Waals surface area contributed by atoms with Gasteiger partial charge in [-0.25, -0.2) is 4.79 Å². The lowest BCUT2D eigenvalue weighted by atomic mass is 9.90. The first-order valence-corrected chi connectivity index (χ1v) is 6.36. The molecule has 1 aromatic heterocycles. The summed E-state index contributed by atoms with van der Waals surface area (Å²) in [5.41, 5.74) is 9.61. The molecular formula is C13H18N4O4. The van der Waals surface area contributed by atoms with Crippen molar-refractivity contribution < 1.29 is 14.9 Å². The standard InChI is InChI=1S/C13H18N4O4/c1-4-13(15)10(19)9(7(3)18)21-11(13)17-6(2)5-8(14)16-12(17)20/h1,5,7,9-11,18-19H,15H2,2-3H3,(H2,14,16,20)/t7-,9+,10?,11+,13+/m0/s1. The van der Waals surface area contributed by atoms with Crippen molar-refractivity contribution in [2.24, 2.45) is 5.73 Å². The van der Waals surface area contributed by atoms with Crippen molar-refractivity contribution in [1.82, 2.24) is 9.55 Å². The Labute approximate surface area is 121 Å². The van der Waals surface area contributed by atoms with Gasteiger partial charge < -0.3 is 26.4 Å². The zero-order valence-corrected chi connectivity index (χ0v) is 11.7. The summed E-state index contributed by atoms with van der Waals surface area (Å²) in [6.07, 6.45) is 0.901. The molecule has 1 aliphatic heterocycles. The molecule has 0 aliphatic carbocycles. The highest BCUT2D eigenvalue weighted by atomic mass is 16.5. The van der Waals surface area contributed by atoms with Gasteiger partial charge in [-0.15, -0.1) is 6.42 Å². The van der Waals surface area contributed by atoms with E-state index >= 15 is 0 Å². The normalized spacial score (nSPS) is 33.6. The molecule has 0 bridgehead atoms. The summed E-state index contributed by atoms with van der Waals surface area (Å²) in [6, 6.07) is 1.46. The Morgan fingerprint density at radius 2 is 2.29 bits per heavy atom. The molecule has 1 saturated heterocycles. The molecule has 1 unspecified atom stereocenters. The van der Waals surface area contributed by atoms with Crippen LogP contribution in [0.2, 0.25) is 0 Å². The van der Waals surface area contributed by atoms with Crippen molar-refractivity contribution in [2.45, 2.75) is 43.9 Å². The predicted octanol–water partition coefficient (Wildman–Crippen LogP) is -1.90. The zero-order valence-electron chi connectivity index (χ0n) is 11.7. The molecule has 1 aliphatic rings. The molecule has 21 heavy (non-hydrogen) atoms. The fourth-order valence-electron chi connectivity index (χ4n) is 2.48. The number of nitrogen functional groups attached to an aromatic ring is 1. The third-order valence-corrected chi connectivity index (χ3v) is 3.62. The number of rotatable bonds is 2. The van der Waals surface area contributed by atoms with Crippen LogP contribution in [-0.4, -0.2) is 43.6 Å². The van der Waals surface area contributed by atoms with Crippen molar-refractivity contribution in [2.75, 3.05) is 5.73 Å². The Kier molecular flexibility index (Phi) is 3.78. The summed E-state index contributed by atoms with van der Waals surface area (Å²) in [6.45, 7) is 3.05. The number of nitrogens with two attached hydrogens (primary N) is 2. The number of aliphatic hydroxyl groups is 2. The smallest absolute Gasteiger partial charge is 0.351 e. The van der Waals surface area contributed by atoms with E-state index in [0.717, 1.165) is 4.57 Å². The monoisotopic (exact) mass is 294 g/mol. The summed E-state index contributed by atoms with van der Waals surface area (Å²) in [4.78, 5) is 15.7. The molecular weight excluding hydrogens is 276 g/mol. The topological polar surface area (TPSA) is 137 Å². The number of aliphatic hydroxyl groups excluding tert-OH is 2. The quantitative estimate of drug-likeness (QED) is 0.468. The lowest BCUT2D eigenvalue weighted by Crippen LogP contribution is -2.55. The molecule has 1 fully saturated rings. The zero-order chi connectivity index (χ0) is 15.9. The van der Waals surface area contributed by atoms with Crippen LogP contribution in [0.3, 0.4) is 0 Å².